The number of benzene rings is 2. The second-order valence-electron chi connectivity index (χ2n) is 6.09. The average molecular weight is 482 g/mol. The highest BCUT2D eigenvalue weighted by atomic mass is 35.5. The number of nitrogens with zero attached hydrogens (tertiary/aromatic N) is 2. The molecule has 3 rings (SSSR count). The lowest BCUT2D eigenvalue weighted by Crippen LogP contribution is -2.11. The third-order valence-electron chi connectivity index (χ3n) is 4.28. The van der Waals surface area contributed by atoms with Crippen molar-refractivity contribution in [1.82, 2.24) is 9.55 Å². The van der Waals surface area contributed by atoms with Crippen molar-refractivity contribution in [2.75, 3.05) is 14.2 Å². The standard InChI is InChI=1S/C21H15Cl3N2O5/c1-30-15-5-3-4-12(19(15)31-2)18(29)13-10-11(22)6-7-14(13)26-16(8-9-17(27)28)25-20(23)21(26)24/h3-10H,1-2H3,(H,27,28). The molecule has 1 heterocycles. The molecule has 0 atom stereocenters. The molecule has 0 fully saturated rings. The Hall–Kier alpha value is -3.00. The third-order valence-corrected chi connectivity index (χ3v) is 5.22. The second kappa shape index (κ2) is 9.43. The van der Waals surface area contributed by atoms with E-state index in [4.69, 9.17) is 49.4 Å². The van der Waals surface area contributed by atoms with Gasteiger partial charge in [-0.2, -0.15) is 0 Å². The fourth-order valence-electron chi connectivity index (χ4n) is 2.97. The van der Waals surface area contributed by atoms with Crippen molar-refractivity contribution >= 4 is 52.6 Å². The molecule has 7 nitrogen and oxygen atoms in total. The predicted octanol–water partition coefficient (Wildman–Crippen LogP) is 5.18. The first-order chi connectivity index (χ1) is 14.8. The van der Waals surface area contributed by atoms with Crippen molar-refractivity contribution in [2.45, 2.75) is 0 Å². The van der Waals surface area contributed by atoms with Gasteiger partial charge in [0.2, 0.25) is 0 Å². The molecule has 0 saturated heterocycles. The molecule has 1 aromatic heterocycles. The molecular weight excluding hydrogens is 467 g/mol. The van der Waals surface area contributed by atoms with E-state index < -0.39 is 11.8 Å². The molecule has 0 amide bonds. The summed E-state index contributed by atoms with van der Waals surface area (Å²) in [6.45, 7) is 0. The molecule has 0 spiro atoms. The van der Waals surface area contributed by atoms with Crippen LogP contribution in [0.4, 0.5) is 0 Å². The van der Waals surface area contributed by atoms with E-state index >= 15 is 0 Å². The van der Waals surface area contributed by atoms with Crippen LogP contribution >= 0.6 is 34.8 Å². The summed E-state index contributed by atoms with van der Waals surface area (Å²) in [5.41, 5.74) is 0.698. The molecule has 0 aliphatic heterocycles. The van der Waals surface area contributed by atoms with Crippen LogP contribution in [0.1, 0.15) is 21.7 Å². The molecule has 0 radical (unpaired) electrons. The number of carboxylic acid groups (broad SMARTS) is 1. The molecule has 0 saturated carbocycles. The summed E-state index contributed by atoms with van der Waals surface area (Å²) in [5, 5.41) is 9.21. The Morgan fingerprint density at radius 2 is 1.81 bits per heavy atom. The van der Waals surface area contributed by atoms with E-state index in [0.29, 0.717) is 16.5 Å². The predicted molar refractivity (Wildman–Crippen MR) is 118 cm³/mol. The van der Waals surface area contributed by atoms with Crippen LogP contribution in [0.5, 0.6) is 11.5 Å². The molecule has 0 aliphatic rings. The smallest absolute Gasteiger partial charge is 0.328 e. The first kappa shape index (κ1) is 22.7. The number of methoxy groups -OCH3 is 2. The molecule has 1 N–H and O–H groups in total. The molecular formula is C21H15Cl3N2O5. The van der Waals surface area contributed by atoms with Crippen LogP contribution in [-0.4, -0.2) is 40.6 Å². The topological polar surface area (TPSA) is 90.7 Å². The number of carbonyl (C=O) groups excluding carboxylic acids is 1. The van der Waals surface area contributed by atoms with Gasteiger partial charge in [0.15, 0.2) is 27.6 Å². The second-order valence-corrected chi connectivity index (χ2v) is 7.24. The van der Waals surface area contributed by atoms with Crippen molar-refractivity contribution < 1.29 is 24.2 Å². The minimum absolute atomic E-state index is 0.000634. The lowest BCUT2D eigenvalue weighted by molar-refractivity contribution is -0.131. The van der Waals surface area contributed by atoms with Gasteiger partial charge in [0.25, 0.3) is 0 Å². The zero-order chi connectivity index (χ0) is 22.7. The van der Waals surface area contributed by atoms with Crippen LogP contribution < -0.4 is 9.47 Å². The van der Waals surface area contributed by atoms with Crippen LogP contribution in [0, 0.1) is 0 Å². The van der Waals surface area contributed by atoms with Crippen molar-refractivity contribution in [1.29, 1.82) is 0 Å². The molecule has 31 heavy (non-hydrogen) atoms. The molecule has 10 heteroatoms. The van der Waals surface area contributed by atoms with Gasteiger partial charge in [0.05, 0.1) is 25.5 Å². The highest BCUT2D eigenvalue weighted by molar-refractivity contribution is 6.41. The normalized spacial score (nSPS) is 11.0. The Morgan fingerprint density at radius 3 is 2.45 bits per heavy atom. The number of hydrogen-bond donors (Lipinski definition) is 1. The maximum absolute atomic E-state index is 13.5. The van der Waals surface area contributed by atoms with Gasteiger partial charge in [-0.05, 0) is 36.4 Å². The number of aliphatic carboxylic acids is 1. The number of ketones is 1. The largest absolute Gasteiger partial charge is 0.493 e. The third kappa shape index (κ3) is 4.54. The molecule has 3 aromatic rings. The number of para-hydroxylation sites is 1. The number of ether oxygens (including phenoxy) is 2. The number of aromatic nitrogens is 2. The van der Waals surface area contributed by atoms with Gasteiger partial charge in [-0.1, -0.05) is 40.9 Å². The number of carbonyl (C=O) groups is 2. The minimum atomic E-state index is -1.18. The van der Waals surface area contributed by atoms with Gasteiger partial charge in [0, 0.05) is 16.7 Å². The highest BCUT2D eigenvalue weighted by Gasteiger charge is 2.24. The first-order valence-corrected chi connectivity index (χ1v) is 9.82. The van der Waals surface area contributed by atoms with Crippen LogP contribution in [-0.2, 0) is 4.79 Å². The van der Waals surface area contributed by atoms with Gasteiger partial charge >= 0.3 is 5.97 Å². The van der Waals surface area contributed by atoms with Gasteiger partial charge < -0.3 is 14.6 Å². The lowest BCUT2D eigenvalue weighted by atomic mass is 10.00. The zero-order valence-corrected chi connectivity index (χ0v) is 18.5. The van der Waals surface area contributed by atoms with Gasteiger partial charge in [-0.15, -0.1) is 0 Å². The SMILES string of the molecule is COc1cccc(C(=O)c2cc(Cl)ccc2-n2c(C=CC(=O)O)nc(Cl)c2Cl)c1OC. The van der Waals surface area contributed by atoms with E-state index in [2.05, 4.69) is 4.98 Å². The lowest BCUT2D eigenvalue weighted by Gasteiger charge is -2.15. The molecule has 160 valence electrons. The molecule has 0 bridgehead atoms. The van der Waals surface area contributed by atoms with Gasteiger partial charge in [-0.25, -0.2) is 9.78 Å². The Kier molecular flexibility index (Phi) is 6.90. The van der Waals surface area contributed by atoms with Crippen molar-refractivity contribution in [3.05, 3.63) is 74.8 Å². The summed E-state index contributed by atoms with van der Waals surface area (Å²) >= 11 is 18.6. The van der Waals surface area contributed by atoms with Crippen LogP contribution in [0.25, 0.3) is 11.8 Å². The highest BCUT2D eigenvalue weighted by Crippen LogP contribution is 2.35. The molecule has 2 aromatic carbocycles. The molecule has 0 unspecified atom stereocenters. The van der Waals surface area contributed by atoms with Gasteiger partial charge in [-0.3, -0.25) is 9.36 Å². The summed E-state index contributed by atoms with van der Waals surface area (Å²) in [4.78, 5) is 28.6. The Morgan fingerprint density at radius 1 is 1.06 bits per heavy atom. The van der Waals surface area contributed by atoms with Gasteiger partial charge in [0.1, 0.15) is 5.82 Å². The minimum Gasteiger partial charge on any atom is -0.493 e. The number of rotatable bonds is 7. The Balaban J connectivity index is 2.25. The van der Waals surface area contributed by atoms with Crippen molar-refractivity contribution in [2.24, 2.45) is 0 Å². The maximum Gasteiger partial charge on any atom is 0.328 e. The number of halogens is 3. The monoisotopic (exact) mass is 480 g/mol. The maximum atomic E-state index is 13.5. The van der Waals surface area contributed by atoms with E-state index in [0.717, 1.165) is 6.08 Å². The van der Waals surface area contributed by atoms with Crippen LogP contribution in [0.2, 0.25) is 15.3 Å². The van der Waals surface area contributed by atoms with Crippen LogP contribution in [0.15, 0.2) is 42.5 Å². The quantitative estimate of drug-likeness (QED) is 0.369. The number of hydrogen-bond acceptors (Lipinski definition) is 5. The fourth-order valence-corrected chi connectivity index (χ4v) is 3.54. The molecule has 0 aliphatic carbocycles. The van der Waals surface area contributed by atoms with E-state index in [1.54, 1.807) is 30.3 Å². The Labute approximate surface area is 192 Å². The number of carboxylic acids is 1. The number of imidazole rings is 1. The fraction of sp³-hybridized carbons (Fsp3) is 0.0952. The first-order valence-electron chi connectivity index (χ1n) is 8.68. The zero-order valence-electron chi connectivity index (χ0n) is 16.2. The van der Waals surface area contributed by atoms with E-state index in [1.165, 1.54) is 30.9 Å². The summed E-state index contributed by atoms with van der Waals surface area (Å²) < 4.78 is 12.0. The average Bonchev–Trinajstić information content (AvgIpc) is 3.04. The van der Waals surface area contributed by atoms with Crippen LogP contribution in [0.3, 0.4) is 0 Å². The van der Waals surface area contributed by atoms with Crippen molar-refractivity contribution in [3.63, 3.8) is 0 Å². The van der Waals surface area contributed by atoms with Crippen molar-refractivity contribution in [3.8, 4) is 17.2 Å². The van der Waals surface area contributed by atoms with E-state index in [-0.39, 0.29) is 33.0 Å². The summed E-state index contributed by atoms with van der Waals surface area (Å²) in [7, 11) is 2.89. The summed E-state index contributed by atoms with van der Waals surface area (Å²) in [6, 6.07) is 9.49. The van der Waals surface area contributed by atoms with E-state index in [9.17, 15) is 9.59 Å². The van der Waals surface area contributed by atoms with E-state index in [1.807, 2.05) is 0 Å². The Bertz CT molecular complexity index is 1200. The summed E-state index contributed by atoms with van der Waals surface area (Å²) in [6.07, 6.45) is 2.10. The summed E-state index contributed by atoms with van der Waals surface area (Å²) in [5.74, 6) is -0.864.